The van der Waals surface area contributed by atoms with Crippen molar-refractivity contribution in [3.05, 3.63) is 120 Å². The molecule has 0 bridgehead atoms. The van der Waals surface area contributed by atoms with E-state index in [9.17, 15) is 0 Å². The zero-order valence-electron chi connectivity index (χ0n) is 19.3. The maximum Gasteiger partial charge on any atom is 2.00 e. The maximum absolute atomic E-state index is 4.61. The molecule has 0 saturated heterocycles. The molecule has 0 N–H and O–H groups in total. The van der Waals surface area contributed by atoms with Gasteiger partial charge in [0.05, 0.1) is 0 Å². The predicted molar refractivity (Wildman–Crippen MR) is 132 cm³/mol. The Morgan fingerprint density at radius 3 is 1.30 bits per heavy atom. The zero-order chi connectivity index (χ0) is 22.3. The maximum atomic E-state index is 4.61. The van der Waals surface area contributed by atoms with Gasteiger partial charge in [-0.05, 0) is 24.3 Å². The number of nitrogens with zero attached hydrogens (tertiary/aromatic N) is 2. The second-order valence-electron chi connectivity index (χ2n) is 9.42. The minimum absolute atomic E-state index is 0. The molecule has 0 aliphatic carbocycles. The van der Waals surface area contributed by atoms with Gasteiger partial charge < -0.3 is 0 Å². The first-order chi connectivity index (χ1) is 15.4. The third kappa shape index (κ3) is 4.13. The van der Waals surface area contributed by atoms with Crippen molar-refractivity contribution < 1.29 is 21.1 Å². The third-order valence-corrected chi connectivity index (χ3v) is 6.61. The molecule has 5 aromatic rings. The molecule has 5 rings (SSSR count). The second kappa shape index (κ2) is 8.84. The van der Waals surface area contributed by atoms with Crippen LogP contribution in [0.4, 0.5) is 0 Å². The fourth-order valence-corrected chi connectivity index (χ4v) is 4.35. The van der Waals surface area contributed by atoms with Crippen LogP contribution in [0.1, 0.15) is 50.2 Å². The van der Waals surface area contributed by atoms with Gasteiger partial charge in [0, 0.05) is 34.6 Å². The van der Waals surface area contributed by atoms with Crippen molar-refractivity contribution in [3.8, 4) is 0 Å². The van der Waals surface area contributed by atoms with E-state index in [1.807, 2.05) is 36.7 Å². The Kier molecular flexibility index (Phi) is 6.25. The quantitative estimate of drug-likeness (QED) is 0.162. The Labute approximate surface area is 210 Å². The number of benzene rings is 3. The molecule has 33 heavy (non-hydrogen) atoms. The van der Waals surface area contributed by atoms with Crippen LogP contribution in [-0.4, -0.2) is 9.97 Å². The Morgan fingerprint density at radius 2 is 0.939 bits per heavy atom. The van der Waals surface area contributed by atoms with Crippen LogP contribution in [0.15, 0.2) is 85.2 Å². The molecule has 2 nitrogen and oxygen atoms in total. The van der Waals surface area contributed by atoms with Crippen LogP contribution in [-0.2, 0) is 31.9 Å². The van der Waals surface area contributed by atoms with Crippen molar-refractivity contribution in [3.63, 3.8) is 0 Å². The summed E-state index contributed by atoms with van der Waals surface area (Å²) in [7, 11) is 0. The summed E-state index contributed by atoms with van der Waals surface area (Å²) in [6.45, 7) is 8.82. The molecule has 2 heterocycles. The fourth-order valence-electron chi connectivity index (χ4n) is 4.35. The van der Waals surface area contributed by atoms with E-state index >= 15 is 0 Å². The normalized spacial score (nSPS) is 12.0. The third-order valence-electron chi connectivity index (χ3n) is 6.61. The van der Waals surface area contributed by atoms with Gasteiger partial charge in [0.25, 0.3) is 0 Å². The SMILES string of the molecule is CC(C)(c1[c-]c2c(cc1)ccc1ccc(C(C)(C)c3ccccn3)[c-]c12)c1ccccn1.[Pt+2]. The summed E-state index contributed by atoms with van der Waals surface area (Å²) in [5.41, 5.74) is 3.83. The van der Waals surface area contributed by atoms with Crippen molar-refractivity contribution >= 4 is 21.5 Å². The fraction of sp³-hybridized carbons (Fsp3) is 0.200. The number of pyridine rings is 2. The topological polar surface area (TPSA) is 25.8 Å². The van der Waals surface area contributed by atoms with Crippen LogP contribution in [0.3, 0.4) is 0 Å². The van der Waals surface area contributed by atoms with Crippen LogP contribution in [0.25, 0.3) is 21.5 Å². The number of hydrogen-bond acceptors (Lipinski definition) is 2. The number of fused-ring (bicyclic) bond motifs is 3. The monoisotopic (exact) mass is 609 g/mol. The summed E-state index contributed by atoms with van der Waals surface area (Å²) in [5, 5.41) is 4.54. The largest absolute Gasteiger partial charge is 2.00 e. The molecular weight excluding hydrogens is 583 g/mol. The average molecular weight is 610 g/mol. The van der Waals surface area contributed by atoms with E-state index in [1.54, 1.807) is 0 Å². The van der Waals surface area contributed by atoms with Gasteiger partial charge in [-0.25, -0.2) is 10.8 Å². The molecule has 0 unspecified atom stereocenters. The second-order valence-corrected chi connectivity index (χ2v) is 9.42. The van der Waals surface area contributed by atoms with Gasteiger partial charge in [-0.15, -0.1) is 47.5 Å². The Bertz CT molecular complexity index is 1300. The minimum atomic E-state index is -0.248. The average Bonchev–Trinajstić information content (AvgIpc) is 2.84. The van der Waals surface area contributed by atoms with Gasteiger partial charge >= 0.3 is 21.1 Å². The Balaban J connectivity index is 0.00000259. The van der Waals surface area contributed by atoms with Gasteiger partial charge in [0.15, 0.2) is 0 Å². The molecule has 0 radical (unpaired) electrons. The molecule has 2 aromatic heterocycles. The van der Waals surface area contributed by atoms with Gasteiger partial charge in [0.2, 0.25) is 0 Å². The van der Waals surface area contributed by atoms with Crippen LogP contribution in [0.2, 0.25) is 0 Å². The molecule has 0 aliphatic rings. The number of hydrogen-bond donors (Lipinski definition) is 0. The molecule has 0 amide bonds. The summed E-state index contributed by atoms with van der Waals surface area (Å²) in [4.78, 5) is 9.23. The van der Waals surface area contributed by atoms with Crippen LogP contribution < -0.4 is 0 Å². The molecule has 166 valence electrons. The summed E-state index contributed by atoms with van der Waals surface area (Å²) in [6.07, 6.45) is 3.71. The van der Waals surface area contributed by atoms with Crippen LogP contribution in [0.5, 0.6) is 0 Å². The summed E-state index contributed by atoms with van der Waals surface area (Å²) in [5.74, 6) is 0. The van der Waals surface area contributed by atoms with E-state index in [1.165, 1.54) is 10.8 Å². The van der Waals surface area contributed by atoms with Crippen molar-refractivity contribution in [2.45, 2.75) is 38.5 Å². The first kappa shape index (κ1) is 23.3. The van der Waals surface area contributed by atoms with Gasteiger partial charge in [0.1, 0.15) is 0 Å². The molecule has 3 heteroatoms. The van der Waals surface area contributed by atoms with Crippen molar-refractivity contribution in [2.24, 2.45) is 0 Å². The van der Waals surface area contributed by atoms with Crippen molar-refractivity contribution in [1.82, 2.24) is 9.97 Å². The Morgan fingerprint density at radius 1 is 0.545 bits per heavy atom. The smallest absolute Gasteiger partial charge is 0.260 e. The van der Waals surface area contributed by atoms with Gasteiger partial charge in [-0.2, -0.15) is 22.9 Å². The molecule has 0 aliphatic heterocycles. The van der Waals surface area contributed by atoms with Gasteiger partial charge in [-0.3, -0.25) is 9.97 Å². The van der Waals surface area contributed by atoms with Crippen LogP contribution >= 0.6 is 0 Å². The molecule has 0 saturated carbocycles. The summed E-state index contributed by atoms with van der Waals surface area (Å²) < 4.78 is 0. The van der Waals surface area contributed by atoms with E-state index < -0.39 is 0 Å². The number of aromatic nitrogens is 2. The minimum Gasteiger partial charge on any atom is -0.260 e. The van der Waals surface area contributed by atoms with Crippen LogP contribution in [0, 0.1) is 12.1 Å². The molecule has 3 aromatic carbocycles. The summed E-state index contributed by atoms with van der Waals surface area (Å²) >= 11 is 0. The molecule has 0 fully saturated rings. The summed E-state index contributed by atoms with van der Waals surface area (Å²) in [6, 6.07) is 32.7. The Hall–Kier alpha value is -2.83. The van der Waals surface area contributed by atoms with Crippen molar-refractivity contribution in [2.75, 3.05) is 0 Å². The molecule has 0 atom stereocenters. The standard InChI is InChI=1S/C30H26N2.Pt/c1-29(2,27-9-5-7-17-31-27)23-15-13-21-11-12-22-14-16-24(20-26(22)25(21)19-23)30(3,4)28-10-6-8-18-32-28;/h5-18H,1-4H3;/q-2;+2. The van der Waals surface area contributed by atoms with E-state index in [2.05, 4.69) is 98.3 Å². The number of rotatable bonds is 4. The van der Waals surface area contributed by atoms with E-state index in [4.69, 9.17) is 0 Å². The first-order valence-electron chi connectivity index (χ1n) is 11.0. The van der Waals surface area contributed by atoms with E-state index in [0.717, 1.165) is 33.3 Å². The van der Waals surface area contributed by atoms with E-state index in [0.29, 0.717) is 0 Å². The van der Waals surface area contributed by atoms with E-state index in [-0.39, 0.29) is 31.9 Å². The first-order valence-corrected chi connectivity index (χ1v) is 11.0. The predicted octanol–water partition coefficient (Wildman–Crippen LogP) is 7.03. The zero-order valence-corrected chi connectivity index (χ0v) is 21.6. The van der Waals surface area contributed by atoms with Gasteiger partial charge in [-0.1, -0.05) is 39.8 Å². The molecular formula is C30H26N2Pt. The van der Waals surface area contributed by atoms with Crippen molar-refractivity contribution in [1.29, 1.82) is 0 Å². The molecule has 0 spiro atoms.